The maximum atomic E-state index is 12.6. The molecule has 98 valence electrons. The molecule has 2 N–H and O–H groups in total. The van der Waals surface area contributed by atoms with Crippen molar-refractivity contribution in [1.29, 1.82) is 0 Å². The van der Waals surface area contributed by atoms with E-state index in [1.807, 2.05) is 0 Å². The Morgan fingerprint density at radius 1 is 1.33 bits per heavy atom. The number of carbonyl (C=O) groups is 1. The Labute approximate surface area is 109 Å². The summed E-state index contributed by atoms with van der Waals surface area (Å²) in [5, 5.41) is 0.593. The molecule has 18 heavy (non-hydrogen) atoms. The van der Waals surface area contributed by atoms with Gasteiger partial charge >= 0.3 is 0 Å². The molecule has 1 atom stereocenters. The van der Waals surface area contributed by atoms with Gasteiger partial charge in [0.15, 0.2) is 0 Å². The van der Waals surface area contributed by atoms with Gasteiger partial charge in [-0.3, -0.25) is 9.36 Å². The Balaban J connectivity index is 0.00000162. The molecule has 3 nitrogen and oxygen atoms in total. The zero-order valence-corrected chi connectivity index (χ0v) is 10.5. The highest BCUT2D eigenvalue weighted by Gasteiger charge is 2.22. The number of nitrogens with two attached hydrogens (primary N) is 1. The van der Waals surface area contributed by atoms with Gasteiger partial charge in [-0.25, -0.2) is 8.78 Å². The standard InChI is InChI=1S/C12H12F2N2O.ClH/c1-7(17)16-6-9(11(15)12(13)14)8-4-2-3-5-10(8)16;/h2-6,11-12H,15H2,1H3;1H/t11-;/m0./s1. The van der Waals surface area contributed by atoms with Gasteiger partial charge in [-0.15, -0.1) is 12.4 Å². The Bertz CT molecular complexity index is 568. The molecule has 0 radical (unpaired) electrons. The van der Waals surface area contributed by atoms with E-state index in [-0.39, 0.29) is 18.3 Å². The van der Waals surface area contributed by atoms with Crippen LogP contribution < -0.4 is 5.73 Å². The minimum absolute atomic E-state index is 0. The molecule has 0 aliphatic rings. The zero-order valence-electron chi connectivity index (χ0n) is 9.64. The number of hydrogen-bond donors (Lipinski definition) is 1. The molecule has 0 amide bonds. The Hall–Kier alpha value is -1.46. The van der Waals surface area contributed by atoms with E-state index in [9.17, 15) is 13.6 Å². The number of para-hydroxylation sites is 1. The van der Waals surface area contributed by atoms with Crippen LogP contribution in [-0.2, 0) is 0 Å². The zero-order chi connectivity index (χ0) is 12.6. The first-order valence-electron chi connectivity index (χ1n) is 5.17. The van der Waals surface area contributed by atoms with Crippen LogP contribution in [-0.4, -0.2) is 16.9 Å². The predicted molar refractivity (Wildman–Crippen MR) is 68.4 cm³/mol. The fraction of sp³-hybridized carbons (Fsp3) is 0.250. The van der Waals surface area contributed by atoms with Crippen LogP contribution in [0, 0.1) is 0 Å². The van der Waals surface area contributed by atoms with Crippen molar-refractivity contribution in [2.75, 3.05) is 0 Å². The van der Waals surface area contributed by atoms with E-state index in [2.05, 4.69) is 0 Å². The van der Waals surface area contributed by atoms with Crippen LogP contribution in [0.5, 0.6) is 0 Å². The lowest BCUT2D eigenvalue weighted by atomic mass is 10.1. The number of carbonyl (C=O) groups excluding carboxylic acids is 1. The van der Waals surface area contributed by atoms with Crippen molar-refractivity contribution in [1.82, 2.24) is 4.57 Å². The summed E-state index contributed by atoms with van der Waals surface area (Å²) < 4.78 is 26.6. The molecule has 6 heteroatoms. The van der Waals surface area contributed by atoms with E-state index in [0.29, 0.717) is 16.5 Å². The lowest BCUT2D eigenvalue weighted by molar-refractivity contribution is 0.0939. The van der Waals surface area contributed by atoms with E-state index in [4.69, 9.17) is 5.73 Å². The second kappa shape index (κ2) is 5.46. The van der Waals surface area contributed by atoms with Crippen molar-refractivity contribution in [3.8, 4) is 0 Å². The maximum Gasteiger partial charge on any atom is 0.257 e. The van der Waals surface area contributed by atoms with Crippen molar-refractivity contribution >= 4 is 29.2 Å². The minimum atomic E-state index is -2.65. The van der Waals surface area contributed by atoms with Crippen molar-refractivity contribution in [3.05, 3.63) is 36.0 Å². The van der Waals surface area contributed by atoms with Gasteiger partial charge in [-0.05, 0) is 6.07 Å². The number of aromatic nitrogens is 1. The van der Waals surface area contributed by atoms with Crippen molar-refractivity contribution < 1.29 is 13.6 Å². The summed E-state index contributed by atoms with van der Waals surface area (Å²) >= 11 is 0. The second-order valence-corrected chi connectivity index (χ2v) is 3.85. The normalized spacial score (nSPS) is 12.5. The molecule has 0 saturated carbocycles. The van der Waals surface area contributed by atoms with Crippen molar-refractivity contribution in [3.63, 3.8) is 0 Å². The molecule has 1 aromatic carbocycles. The fourth-order valence-corrected chi connectivity index (χ4v) is 1.87. The molecular weight excluding hydrogens is 262 g/mol. The first kappa shape index (κ1) is 14.6. The lowest BCUT2D eigenvalue weighted by Gasteiger charge is -2.08. The van der Waals surface area contributed by atoms with Crippen LogP contribution in [0.4, 0.5) is 8.78 Å². The summed E-state index contributed by atoms with van der Waals surface area (Å²) in [6.45, 7) is 1.38. The number of rotatable bonds is 2. The van der Waals surface area contributed by atoms with Crippen LogP contribution in [0.3, 0.4) is 0 Å². The quantitative estimate of drug-likeness (QED) is 0.915. The number of benzene rings is 1. The number of fused-ring (bicyclic) bond motifs is 1. The average molecular weight is 275 g/mol. The third kappa shape index (κ3) is 2.37. The van der Waals surface area contributed by atoms with E-state index in [1.54, 1.807) is 24.3 Å². The molecule has 0 spiro atoms. The molecule has 0 aliphatic carbocycles. The number of hydrogen-bond acceptors (Lipinski definition) is 2. The SMILES string of the molecule is CC(=O)n1cc([C@H](N)C(F)F)c2ccccc21.Cl. The van der Waals surface area contributed by atoms with Gasteiger partial charge in [-0.2, -0.15) is 0 Å². The van der Waals surface area contributed by atoms with E-state index in [1.165, 1.54) is 17.7 Å². The highest BCUT2D eigenvalue weighted by Crippen LogP contribution is 2.28. The summed E-state index contributed by atoms with van der Waals surface area (Å²) in [6, 6.07) is 5.50. The highest BCUT2D eigenvalue weighted by molar-refractivity contribution is 5.93. The number of halogens is 3. The summed E-state index contributed by atoms with van der Waals surface area (Å²) in [7, 11) is 0. The molecule has 2 rings (SSSR count). The topological polar surface area (TPSA) is 48.0 Å². The number of alkyl halides is 2. The molecule has 0 unspecified atom stereocenters. The maximum absolute atomic E-state index is 12.6. The van der Waals surface area contributed by atoms with Crippen LogP contribution in [0.25, 0.3) is 10.9 Å². The third-order valence-corrected chi connectivity index (χ3v) is 2.71. The van der Waals surface area contributed by atoms with Gasteiger partial charge in [0.2, 0.25) is 5.91 Å². The van der Waals surface area contributed by atoms with Gasteiger partial charge in [0.05, 0.1) is 11.6 Å². The third-order valence-electron chi connectivity index (χ3n) is 2.71. The van der Waals surface area contributed by atoms with E-state index >= 15 is 0 Å². The summed E-state index contributed by atoms with van der Waals surface area (Å²) in [4.78, 5) is 11.4. The van der Waals surface area contributed by atoms with Crippen LogP contribution in [0.1, 0.15) is 23.3 Å². The van der Waals surface area contributed by atoms with Gasteiger partial charge in [0.1, 0.15) is 0 Å². The second-order valence-electron chi connectivity index (χ2n) is 3.85. The van der Waals surface area contributed by atoms with E-state index < -0.39 is 12.5 Å². The largest absolute Gasteiger partial charge is 0.319 e. The Kier molecular flexibility index (Phi) is 4.43. The summed E-state index contributed by atoms with van der Waals surface area (Å²) in [5.41, 5.74) is 6.34. The van der Waals surface area contributed by atoms with Crippen LogP contribution in [0.15, 0.2) is 30.5 Å². The highest BCUT2D eigenvalue weighted by atomic mass is 35.5. The van der Waals surface area contributed by atoms with Gasteiger partial charge in [0.25, 0.3) is 6.43 Å². The average Bonchev–Trinajstić information content (AvgIpc) is 2.67. The Morgan fingerprint density at radius 2 is 1.94 bits per heavy atom. The molecule has 2 aromatic rings. The smallest absolute Gasteiger partial charge is 0.257 e. The molecule has 0 fully saturated rings. The molecular formula is C12H13ClF2N2O. The molecule has 0 aliphatic heterocycles. The first-order chi connectivity index (χ1) is 8.02. The molecule has 1 aromatic heterocycles. The van der Waals surface area contributed by atoms with Crippen LogP contribution >= 0.6 is 12.4 Å². The predicted octanol–water partition coefficient (Wildman–Crippen LogP) is 2.99. The van der Waals surface area contributed by atoms with Gasteiger partial charge in [-0.1, -0.05) is 18.2 Å². The monoisotopic (exact) mass is 274 g/mol. The van der Waals surface area contributed by atoms with Gasteiger partial charge in [0, 0.05) is 24.1 Å². The summed E-state index contributed by atoms with van der Waals surface area (Å²) in [5.74, 6) is -0.228. The first-order valence-corrected chi connectivity index (χ1v) is 5.17. The van der Waals surface area contributed by atoms with Crippen LogP contribution in [0.2, 0.25) is 0 Å². The fourth-order valence-electron chi connectivity index (χ4n) is 1.87. The molecule has 0 saturated heterocycles. The lowest BCUT2D eigenvalue weighted by Crippen LogP contribution is -2.18. The molecule has 0 bridgehead atoms. The molecule has 1 heterocycles. The summed E-state index contributed by atoms with van der Waals surface area (Å²) in [6.07, 6.45) is -1.26. The van der Waals surface area contributed by atoms with Crippen molar-refractivity contribution in [2.45, 2.75) is 19.4 Å². The van der Waals surface area contributed by atoms with E-state index in [0.717, 1.165) is 0 Å². The number of nitrogens with zero attached hydrogens (tertiary/aromatic N) is 1. The van der Waals surface area contributed by atoms with Gasteiger partial charge < -0.3 is 5.73 Å². The van der Waals surface area contributed by atoms with Crippen molar-refractivity contribution in [2.24, 2.45) is 5.73 Å². The minimum Gasteiger partial charge on any atom is -0.319 e. The Morgan fingerprint density at radius 3 is 2.50 bits per heavy atom.